The Morgan fingerprint density at radius 1 is 0.925 bits per heavy atom. The molecule has 5 N–H and O–H groups in total. The number of primary amides is 1. The van der Waals surface area contributed by atoms with E-state index in [2.05, 4.69) is 20.7 Å². The highest BCUT2D eigenvalue weighted by molar-refractivity contribution is 6.37. The molecule has 0 radical (unpaired) electrons. The molecule has 40 heavy (non-hydrogen) atoms. The van der Waals surface area contributed by atoms with Crippen molar-refractivity contribution in [2.75, 3.05) is 6.54 Å². The molecule has 4 atom stereocenters. The second kappa shape index (κ2) is 12.9. The fraction of sp³-hybridized carbons (Fsp3) is 0.760. The predicted octanol–water partition coefficient (Wildman–Crippen LogP) is 1.16. The summed E-state index contributed by atoms with van der Waals surface area (Å²) in [6.07, 6.45) is -4.14. The van der Waals surface area contributed by atoms with Crippen LogP contribution in [0.3, 0.4) is 0 Å². The van der Waals surface area contributed by atoms with Crippen molar-refractivity contribution in [2.45, 2.75) is 104 Å². The lowest BCUT2D eigenvalue weighted by Gasteiger charge is -2.36. The number of esters is 1. The van der Waals surface area contributed by atoms with Crippen molar-refractivity contribution >= 4 is 35.5 Å². The van der Waals surface area contributed by atoms with E-state index in [-0.39, 0.29) is 13.0 Å². The van der Waals surface area contributed by atoms with Gasteiger partial charge < -0.3 is 31.3 Å². The van der Waals surface area contributed by atoms with Crippen LogP contribution in [0.4, 0.5) is 18.0 Å². The third-order valence-electron chi connectivity index (χ3n) is 6.47. The maximum Gasteiger partial charge on any atom is 0.427 e. The van der Waals surface area contributed by atoms with E-state index >= 15 is 0 Å². The summed E-state index contributed by atoms with van der Waals surface area (Å²) in [7, 11) is 0. The van der Waals surface area contributed by atoms with Gasteiger partial charge in [-0.25, -0.2) is 9.59 Å². The van der Waals surface area contributed by atoms with Gasteiger partial charge in [-0.2, -0.15) is 13.2 Å². The lowest BCUT2D eigenvalue weighted by atomic mass is 9.85. The van der Waals surface area contributed by atoms with Crippen molar-refractivity contribution in [3.8, 4) is 0 Å². The number of nitrogens with one attached hydrogen (secondary N) is 3. The molecule has 5 amide bonds. The summed E-state index contributed by atoms with van der Waals surface area (Å²) in [6.45, 7) is 10.7. The average Bonchev–Trinajstić information content (AvgIpc) is 3.28. The first-order chi connectivity index (χ1) is 18.0. The molecule has 1 rings (SSSR count). The number of ether oxygens (including phenoxy) is 1. The number of Topliss-reactive ketones (excluding diaryl/α,β-unsaturated/α-hetero) is 1. The van der Waals surface area contributed by atoms with Crippen LogP contribution in [0, 0.1) is 11.3 Å². The van der Waals surface area contributed by atoms with E-state index in [0.29, 0.717) is 20.3 Å². The molecule has 1 fully saturated rings. The zero-order valence-corrected chi connectivity index (χ0v) is 24.0. The zero-order chi connectivity index (χ0) is 31.4. The van der Waals surface area contributed by atoms with Crippen molar-refractivity contribution in [2.24, 2.45) is 17.1 Å². The zero-order valence-electron chi connectivity index (χ0n) is 24.0. The van der Waals surface area contributed by atoms with Gasteiger partial charge in [-0.05, 0) is 44.9 Å². The third-order valence-corrected chi connectivity index (χ3v) is 6.47. The Bertz CT molecular complexity index is 1010. The van der Waals surface area contributed by atoms with Gasteiger partial charge in [-0.1, -0.05) is 34.6 Å². The van der Waals surface area contributed by atoms with Gasteiger partial charge in [0, 0.05) is 6.54 Å². The monoisotopic (exact) mass is 579 g/mol. The number of hydrogen-bond donors (Lipinski definition) is 4. The van der Waals surface area contributed by atoms with Crippen molar-refractivity contribution in [1.29, 1.82) is 0 Å². The third kappa shape index (κ3) is 8.81. The lowest BCUT2D eigenvalue weighted by molar-refractivity contribution is -0.258. The molecule has 0 bridgehead atoms. The number of alkyl halides is 3. The van der Waals surface area contributed by atoms with Gasteiger partial charge >= 0.3 is 18.2 Å². The van der Waals surface area contributed by atoms with Crippen LogP contribution < -0.4 is 21.7 Å². The van der Waals surface area contributed by atoms with Crippen molar-refractivity contribution < 1.29 is 46.7 Å². The molecular formula is C25H40F3N5O7. The molecule has 228 valence electrons. The number of nitrogens with two attached hydrogens (primary N) is 1. The Kier molecular flexibility index (Phi) is 11.1. The molecule has 1 aliphatic rings. The highest BCUT2D eigenvalue weighted by atomic mass is 19.4. The van der Waals surface area contributed by atoms with Crippen molar-refractivity contribution in [3.63, 3.8) is 0 Å². The number of ketones is 1. The molecule has 0 spiro atoms. The Balaban J connectivity index is 3.08. The number of rotatable bonds is 10. The molecule has 0 aromatic carbocycles. The van der Waals surface area contributed by atoms with Crippen LogP contribution in [-0.2, 0) is 28.7 Å². The maximum atomic E-state index is 13.6. The molecule has 0 saturated carbocycles. The number of urea groups is 1. The van der Waals surface area contributed by atoms with E-state index in [1.165, 1.54) is 25.7 Å². The highest BCUT2D eigenvalue weighted by Crippen LogP contribution is 2.33. The summed E-state index contributed by atoms with van der Waals surface area (Å²) in [6, 6.07) is -5.89. The molecule has 1 heterocycles. The molecule has 0 aromatic rings. The van der Waals surface area contributed by atoms with Crippen molar-refractivity contribution in [1.82, 2.24) is 20.9 Å². The SMILES string of the molecule is CC(NC(=O)[C@@H]1CCCN1C(=O)C(NC(=O)NC(C(=O)OC(C)(C)C(F)(F)F)C(C)C)C(C)(C)C)C(=O)C(N)=O. The molecule has 1 saturated heterocycles. The first-order valence-corrected chi connectivity index (χ1v) is 12.8. The van der Waals surface area contributed by atoms with Crippen LogP contribution in [0.25, 0.3) is 0 Å². The minimum Gasteiger partial charge on any atom is -0.448 e. The first kappa shape index (κ1) is 34.6. The van der Waals surface area contributed by atoms with Gasteiger partial charge in [0.05, 0.1) is 6.04 Å². The highest BCUT2D eigenvalue weighted by Gasteiger charge is 2.52. The summed E-state index contributed by atoms with van der Waals surface area (Å²) in [5.41, 5.74) is 1.26. The molecule has 15 heteroatoms. The second-order valence-electron chi connectivity index (χ2n) is 11.7. The largest absolute Gasteiger partial charge is 0.448 e. The normalized spacial score (nSPS) is 18.4. The first-order valence-electron chi connectivity index (χ1n) is 12.8. The average molecular weight is 580 g/mol. The Morgan fingerprint density at radius 3 is 1.93 bits per heavy atom. The Morgan fingerprint density at radius 2 is 1.48 bits per heavy atom. The minimum absolute atomic E-state index is 0.165. The molecule has 3 unspecified atom stereocenters. The van der Waals surface area contributed by atoms with Crippen LogP contribution >= 0.6 is 0 Å². The summed E-state index contributed by atoms with van der Waals surface area (Å²) in [4.78, 5) is 76.0. The van der Waals surface area contributed by atoms with E-state index in [0.717, 1.165) is 0 Å². The number of nitrogens with zero attached hydrogens (tertiary/aromatic N) is 1. The number of carbonyl (C=O) groups excluding carboxylic acids is 6. The summed E-state index contributed by atoms with van der Waals surface area (Å²) in [5, 5.41) is 7.15. The molecule has 1 aliphatic heterocycles. The van der Waals surface area contributed by atoms with Gasteiger partial charge in [0.25, 0.3) is 5.91 Å². The number of carbonyl (C=O) groups is 6. The fourth-order valence-electron chi connectivity index (χ4n) is 3.89. The quantitative estimate of drug-likeness (QED) is 0.222. The van der Waals surface area contributed by atoms with E-state index in [1.54, 1.807) is 20.8 Å². The van der Waals surface area contributed by atoms with Crippen LogP contribution in [0.1, 0.15) is 68.2 Å². The maximum absolute atomic E-state index is 13.6. The molecule has 12 nitrogen and oxygen atoms in total. The summed E-state index contributed by atoms with van der Waals surface area (Å²) >= 11 is 0. The van der Waals surface area contributed by atoms with Gasteiger partial charge in [0.15, 0.2) is 0 Å². The van der Waals surface area contributed by atoms with Gasteiger partial charge in [0.1, 0.15) is 18.1 Å². The number of halogens is 3. The number of hydrogen-bond acceptors (Lipinski definition) is 7. The fourth-order valence-corrected chi connectivity index (χ4v) is 3.89. The van der Waals surface area contributed by atoms with Gasteiger partial charge in [-0.15, -0.1) is 0 Å². The van der Waals surface area contributed by atoms with Crippen LogP contribution in [0.5, 0.6) is 0 Å². The Hall–Kier alpha value is -3.39. The Labute approximate surface area is 231 Å². The lowest BCUT2D eigenvalue weighted by Crippen LogP contribution is -2.61. The summed E-state index contributed by atoms with van der Waals surface area (Å²) in [5.74, 6) is -5.51. The topological polar surface area (TPSA) is 177 Å². The van der Waals surface area contributed by atoms with Crippen LogP contribution in [-0.4, -0.2) is 82.9 Å². The minimum atomic E-state index is -4.85. The van der Waals surface area contributed by atoms with E-state index in [9.17, 15) is 41.9 Å². The number of amides is 5. The predicted molar refractivity (Wildman–Crippen MR) is 136 cm³/mol. The molecule has 0 aliphatic carbocycles. The van der Waals surface area contributed by atoms with Crippen molar-refractivity contribution in [3.05, 3.63) is 0 Å². The van der Waals surface area contributed by atoms with Crippen LogP contribution in [0.15, 0.2) is 0 Å². The summed E-state index contributed by atoms with van der Waals surface area (Å²) < 4.78 is 44.3. The smallest absolute Gasteiger partial charge is 0.427 e. The molecule has 0 aromatic heterocycles. The number of likely N-dealkylation sites (tertiary alicyclic amines) is 1. The van der Waals surface area contributed by atoms with Crippen LogP contribution in [0.2, 0.25) is 0 Å². The van der Waals surface area contributed by atoms with E-state index in [1.807, 2.05) is 0 Å². The van der Waals surface area contributed by atoms with E-state index in [4.69, 9.17) is 5.73 Å². The standard InChI is InChI=1S/C25H40F3N5O7/c1-12(2)15(21(38)40-24(7,8)25(26,27)28)31-22(39)32-17(23(4,5)6)20(37)33-11-9-10-14(33)19(36)30-13(3)16(34)18(29)35/h12-15,17H,9-11H2,1-8H3,(H2,29,35)(H,30,36)(H2,31,32,39)/t13?,14-,15?,17?/m0/s1. The van der Waals surface area contributed by atoms with E-state index < -0.39 is 82.8 Å². The molecular weight excluding hydrogens is 539 g/mol. The second-order valence-corrected chi connectivity index (χ2v) is 11.7. The van der Waals surface area contributed by atoms with Gasteiger partial charge in [0.2, 0.25) is 23.2 Å². The van der Waals surface area contributed by atoms with Gasteiger partial charge in [-0.3, -0.25) is 19.2 Å².